The van der Waals surface area contributed by atoms with E-state index in [-0.39, 0.29) is 5.97 Å². The van der Waals surface area contributed by atoms with E-state index in [1.165, 1.54) is 12.7 Å². The van der Waals surface area contributed by atoms with Crippen molar-refractivity contribution in [2.24, 2.45) is 0 Å². The average molecular weight is 285 g/mol. The van der Waals surface area contributed by atoms with Crippen molar-refractivity contribution in [2.75, 3.05) is 19.5 Å². The van der Waals surface area contributed by atoms with Gasteiger partial charge in [-0.15, -0.1) is 0 Å². The highest BCUT2D eigenvalue weighted by atomic mass is 16.5. The molecule has 0 radical (unpaired) electrons. The molecule has 2 aromatic rings. The first kappa shape index (κ1) is 14.9. The lowest BCUT2D eigenvalue weighted by molar-refractivity contribution is 0.0600. The molecule has 0 bridgehead atoms. The van der Waals surface area contributed by atoms with Crippen molar-refractivity contribution in [1.82, 2.24) is 0 Å². The third-order valence-electron chi connectivity index (χ3n) is 3.21. The van der Waals surface area contributed by atoms with Crippen LogP contribution < -0.4 is 10.1 Å². The maximum Gasteiger partial charge on any atom is 0.337 e. The summed E-state index contributed by atoms with van der Waals surface area (Å²) in [6, 6.07) is 13.3. The average Bonchev–Trinajstić information content (AvgIpc) is 2.52. The Kier molecular flexibility index (Phi) is 4.82. The fourth-order valence-corrected chi connectivity index (χ4v) is 2.03. The summed E-state index contributed by atoms with van der Waals surface area (Å²) >= 11 is 0. The lowest BCUT2D eigenvalue weighted by Gasteiger charge is -2.12. The Labute approximate surface area is 124 Å². The smallest absolute Gasteiger partial charge is 0.337 e. The van der Waals surface area contributed by atoms with Crippen LogP contribution in [0.2, 0.25) is 0 Å². The van der Waals surface area contributed by atoms with Crippen LogP contribution >= 0.6 is 0 Å². The summed E-state index contributed by atoms with van der Waals surface area (Å²) in [6.07, 6.45) is 0. The lowest BCUT2D eigenvalue weighted by atomic mass is 10.1. The molecule has 0 heterocycles. The second-order valence-electron chi connectivity index (χ2n) is 4.75. The van der Waals surface area contributed by atoms with Crippen LogP contribution in [0.15, 0.2) is 42.5 Å². The minimum Gasteiger partial charge on any atom is -0.495 e. The molecule has 2 rings (SSSR count). The second-order valence-corrected chi connectivity index (χ2v) is 4.75. The summed E-state index contributed by atoms with van der Waals surface area (Å²) in [5, 5.41) is 3.34. The van der Waals surface area contributed by atoms with Gasteiger partial charge in [0.25, 0.3) is 0 Å². The number of nitrogens with one attached hydrogen (secondary N) is 1. The molecule has 0 aliphatic carbocycles. The minimum absolute atomic E-state index is 0.324. The summed E-state index contributed by atoms with van der Waals surface area (Å²) in [6.45, 7) is 2.69. The zero-order valence-electron chi connectivity index (χ0n) is 12.5. The van der Waals surface area contributed by atoms with E-state index in [0.717, 1.165) is 17.0 Å². The standard InChI is InChI=1S/C17H19NO3/c1-12-4-9-16(20-2)15(10-12)18-11-13-5-7-14(8-6-13)17(19)21-3/h4-10,18H,11H2,1-3H3. The van der Waals surface area contributed by atoms with Crippen LogP contribution in [-0.4, -0.2) is 20.2 Å². The molecule has 0 unspecified atom stereocenters. The van der Waals surface area contributed by atoms with Crippen LogP contribution in [0.5, 0.6) is 5.75 Å². The van der Waals surface area contributed by atoms with Gasteiger partial charge in [-0.3, -0.25) is 0 Å². The quantitative estimate of drug-likeness (QED) is 0.855. The number of ether oxygens (including phenoxy) is 2. The molecule has 0 aliphatic heterocycles. The highest BCUT2D eigenvalue weighted by molar-refractivity contribution is 5.89. The Bertz CT molecular complexity index is 620. The number of carbonyl (C=O) groups excluding carboxylic acids is 1. The number of hydrogen-bond donors (Lipinski definition) is 1. The summed E-state index contributed by atoms with van der Waals surface area (Å²) in [4.78, 5) is 11.4. The number of benzene rings is 2. The fraction of sp³-hybridized carbons (Fsp3) is 0.235. The molecule has 0 saturated carbocycles. The predicted octanol–water partition coefficient (Wildman–Crippen LogP) is 3.40. The third kappa shape index (κ3) is 3.75. The van der Waals surface area contributed by atoms with E-state index in [1.54, 1.807) is 19.2 Å². The van der Waals surface area contributed by atoms with Crippen LogP contribution in [0, 0.1) is 6.92 Å². The SMILES string of the molecule is COC(=O)c1ccc(CNc2cc(C)ccc2OC)cc1. The molecule has 21 heavy (non-hydrogen) atoms. The normalized spacial score (nSPS) is 10.0. The predicted molar refractivity (Wildman–Crippen MR) is 82.8 cm³/mol. The zero-order valence-corrected chi connectivity index (χ0v) is 12.5. The van der Waals surface area contributed by atoms with Gasteiger partial charge in [0.2, 0.25) is 0 Å². The van der Waals surface area contributed by atoms with Crippen molar-refractivity contribution < 1.29 is 14.3 Å². The van der Waals surface area contributed by atoms with Gasteiger partial charge in [0.15, 0.2) is 0 Å². The number of carbonyl (C=O) groups is 1. The third-order valence-corrected chi connectivity index (χ3v) is 3.21. The van der Waals surface area contributed by atoms with E-state index < -0.39 is 0 Å². The Morgan fingerprint density at radius 3 is 2.43 bits per heavy atom. The monoisotopic (exact) mass is 285 g/mol. The first-order valence-corrected chi connectivity index (χ1v) is 6.70. The molecule has 0 amide bonds. The summed E-state index contributed by atoms with van der Waals surface area (Å²) < 4.78 is 10.0. The molecule has 2 aromatic carbocycles. The Hall–Kier alpha value is -2.49. The van der Waals surface area contributed by atoms with Gasteiger partial charge < -0.3 is 14.8 Å². The van der Waals surface area contributed by atoms with Crippen molar-refractivity contribution >= 4 is 11.7 Å². The van der Waals surface area contributed by atoms with Gasteiger partial charge in [0.05, 0.1) is 25.5 Å². The van der Waals surface area contributed by atoms with E-state index >= 15 is 0 Å². The minimum atomic E-state index is -0.324. The molecule has 1 N–H and O–H groups in total. The maximum absolute atomic E-state index is 11.4. The number of rotatable bonds is 5. The first-order valence-electron chi connectivity index (χ1n) is 6.70. The van der Waals surface area contributed by atoms with E-state index in [1.807, 2.05) is 37.3 Å². The van der Waals surface area contributed by atoms with Gasteiger partial charge in [-0.05, 0) is 42.3 Å². The van der Waals surface area contributed by atoms with Crippen molar-refractivity contribution in [3.63, 3.8) is 0 Å². The topological polar surface area (TPSA) is 47.6 Å². The number of methoxy groups -OCH3 is 2. The van der Waals surface area contributed by atoms with E-state index in [0.29, 0.717) is 12.1 Å². The molecular weight excluding hydrogens is 266 g/mol. The Morgan fingerprint density at radius 2 is 1.81 bits per heavy atom. The largest absolute Gasteiger partial charge is 0.495 e. The highest BCUT2D eigenvalue weighted by Gasteiger charge is 2.05. The molecule has 0 spiro atoms. The van der Waals surface area contributed by atoms with Gasteiger partial charge >= 0.3 is 5.97 Å². The number of hydrogen-bond acceptors (Lipinski definition) is 4. The van der Waals surface area contributed by atoms with Crippen molar-refractivity contribution in [2.45, 2.75) is 13.5 Å². The van der Waals surface area contributed by atoms with Gasteiger partial charge in [-0.25, -0.2) is 4.79 Å². The Balaban J connectivity index is 2.06. The summed E-state index contributed by atoms with van der Waals surface area (Å²) in [7, 11) is 3.03. The Morgan fingerprint density at radius 1 is 1.10 bits per heavy atom. The summed E-state index contributed by atoms with van der Waals surface area (Å²) in [5.41, 5.74) is 3.74. The molecule has 0 fully saturated rings. The highest BCUT2D eigenvalue weighted by Crippen LogP contribution is 2.25. The number of aryl methyl sites for hydroxylation is 1. The van der Waals surface area contributed by atoms with Crippen molar-refractivity contribution in [3.05, 3.63) is 59.2 Å². The van der Waals surface area contributed by atoms with E-state index in [9.17, 15) is 4.79 Å². The fourth-order valence-electron chi connectivity index (χ4n) is 2.03. The zero-order chi connectivity index (χ0) is 15.2. The molecule has 0 saturated heterocycles. The van der Waals surface area contributed by atoms with Gasteiger partial charge in [-0.1, -0.05) is 18.2 Å². The number of anilines is 1. The van der Waals surface area contributed by atoms with E-state index in [2.05, 4.69) is 10.1 Å². The van der Waals surface area contributed by atoms with Crippen LogP contribution in [-0.2, 0) is 11.3 Å². The first-order chi connectivity index (χ1) is 10.1. The molecule has 4 heteroatoms. The number of esters is 1. The second kappa shape index (κ2) is 6.79. The maximum atomic E-state index is 11.4. The van der Waals surface area contributed by atoms with Gasteiger partial charge in [0.1, 0.15) is 5.75 Å². The van der Waals surface area contributed by atoms with Crippen LogP contribution in [0.25, 0.3) is 0 Å². The molecular formula is C17H19NO3. The molecule has 110 valence electrons. The van der Waals surface area contributed by atoms with E-state index in [4.69, 9.17) is 4.74 Å². The van der Waals surface area contributed by atoms with Crippen LogP contribution in [0.1, 0.15) is 21.5 Å². The molecule has 0 aliphatic rings. The molecule has 0 atom stereocenters. The van der Waals surface area contributed by atoms with Crippen LogP contribution in [0.3, 0.4) is 0 Å². The summed E-state index contributed by atoms with van der Waals surface area (Å²) in [5.74, 6) is 0.488. The lowest BCUT2D eigenvalue weighted by Crippen LogP contribution is -2.04. The van der Waals surface area contributed by atoms with Crippen molar-refractivity contribution in [3.8, 4) is 5.75 Å². The van der Waals surface area contributed by atoms with Crippen molar-refractivity contribution in [1.29, 1.82) is 0 Å². The van der Waals surface area contributed by atoms with Gasteiger partial charge in [0, 0.05) is 6.54 Å². The molecule has 4 nitrogen and oxygen atoms in total. The van der Waals surface area contributed by atoms with Gasteiger partial charge in [-0.2, -0.15) is 0 Å². The van der Waals surface area contributed by atoms with Crippen LogP contribution in [0.4, 0.5) is 5.69 Å². The molecule has 0 aromatic heterocycles.